The number of benzene rings is 1. The molecule has 0 bridgehead atoms. The molecule has 2 saturated heterocycles. The Kier molecular flexibility index (Phi) is 12.5. The first-order chi connectivity index (χ1) is 14.3. The third-order valence-electron chi connectivity index (χ3n) is 6.15. The molecule has 0 spiro atoms. The first-order valence-corrected chi connectivity index (χ1v) is 11.9. The summed E-state index contributed by atoms with van der Waals surface area (Å²) < 4.78 is 0. The first kappa shape index (κ1) is 25.2. The number of nitrogens with one attached hydrogen (secondary N) is 2. The van der Waals surface area contributed by atoms with E-state index < -0.39 is 0 Å². The van der Waals surface area contributed by atoms with Crippen molar-refractivity contribution in [2.75, 3.05) is 50.7 Å². The number of nitrogens with zero attached hydrogens (tertiary/aromatic N) is 3. The number of rotatable bonds is 9. The van der Waals surface area contributed by atoms with Gasteiger partial charge in [0.15, 0.2) is 5.96 Å². The molecule has 0 amide bonds. The van der Waals surface area contributed by atoms with Gasteiger partial charge < -0.3 is 20.4 Å². The van der Waals surface area contributed by atoms with Crippen LogP contribution < -0.4 is 15.5 Å². The second kappa shape index (κ2) is 14.9. The van der Waals surface area contributed by atoms with Crippen molar-refractivity contribution < 1.29 is 0 Å². The van der Waals surface area contributed by atoms with E-state index in [1.54, 1.807) is 0 Å². The molecule has 0 radical (unpaired) electrons. The highest BCUT2D eigenvalue weighted by Crippen LogP contribution is 2.19. The summed E-state index contributed by atoms with van der Waals surface area (Å²) in [6.45, 7) is 10.1. The summed E-state index contributed by atoms with van der Waals surface area (Å²) in [5.41, 5.74) is 1.34. The van der Waals surface area contributed by atoms with Gasteiger partial charge in [-0.1, -0.05) is 31.0 Å². The van der Waals surface area contributed by atoms with Crippen LogP contribution in [0.25, 0.3) is 0 Å². The number of anilines is 1. The maximum Gasteiger partial charge on any atom is 0.191 e. The molecule has 0 unspecified atom stereocenters. The van der Waals surface area contributed by atoms with E-state index in [1.807, 2.05) is 0 Å². The number of guanidine groups is 1. The Morgan fingerprint density at radius 2 is 1.70 bits per heavy atom. The Bertz CT molecular complexity index is 581. The summed E-state index contributed by atoms with van der Waals surface area (Å²) in [5.74, 6) is 1.00. The van der Waals surface area contributed by atoms with Gasteiger partial charge >= 0.3 is 0 Å². The fourth-order valence-electron chi connectivity index (χ4n) is 4.43. The van der Waals surface area contributed by atoms with Gasteiger partial charge in [0.05, 0.1) is 0 Å². The average molecular weight is 528 g/mol. The lowest BCUT2D eigenvalue weighted by Gasteiger charge is -2.34. The van der Waals surface area contributed by atoms with Gasteiger partial charge in [0.2, 0.25) is 0 Å². The molecule has 0 atom stereocenters. The second-order valence-electron chi connectivity index (χ2n) is 8.46. The predicted molar refractivity (Wildman–Crippen MR) is 140 cm³/mol. The molecule has 3 rings (SSSR count). The van der Waals surface area contributed by atoms with Crippen molar-refractivity contribution in [3.63, 3.8) is 0 Å². The number of hydrogen-bond donors (Lipinski definition) is 2. The molecule has 6 heteroatoms. The van der Waals surface area contributed by atoms with E-state index in [-0.39, 0.29) is 24.0 Å². The van der Waals surface area contributed by atoms with E-state index in [2.05, 4.69) is 57.7 Å². The van der Waals surface area contributed by atoms with Gasteiger partial charge in [-0.2, -0.15) is 0 Å². The van der Waals surface area contributed by atoms with Gasteiger partial charge in [-0.05, 0) is 77.2 Å². The number of likely N-dealkylation sites (tertiary alicyclic amines) is 1. The van der Waals surface area contributed by atoms with Crippen LogP contribution in [-0.4, -0.2) is 62.7 Å². The molecule has 1 aromatic rings. The smallest absolute Gasteiger partial charge is 0.191 e. The van der Waals surface area contributed by atoms with Gasteiger partial charge in [0, 0.05) is 37.9 Å². The van der Waals surface area contributed by atoms with Crippen LogP contribution in [0.2, 0.25) is 0 Å². The third kappa shape index (κ3) is 9.00. The lowest BCUT2D eigenvalue weighted by Crippen LogP contribution is -2.48. The Balaban J connectivity index is 0.00000320. The van der Waals surface area contributed by atoms with Crippen molar-refractivity contribution in [3.8, 4) is 0 Å². The van der Waals surface area contributed by atoms with Gasteiger partial charge in [-0.25, -0.2) is 0 Å². The third-order valence-corrected chi connectivity index (χ3v) is 6.15. The molecule has 30 heavy (non-hydrogen) atoms. The molecule has 5 nitrogen and oxygen atoms in total. The van der Waals surface area contributed by atoms with Crippen molar-refractivity contribution in [3.05, 3.63) is 30.3 Å². The zero-order valence-corrected chi connectivity index (χ0v) is 21.2. The van der Waals surface area contributed by atoms with E-state index >= 15 is 0 Å². The first-order valence-electron chi connectivity index (χ1n) is 11.9. The second-order valence-corrected chi connectivity index (χ2v) is 8.46. The number of aliphatic imine (C=N–C) groups is 1. The zero-order chi connectivity index (χ0) is 20.2. The molecule has 0 aliphatic carbocycles. The SMILES string of the molecule is CCNC(=NCCCCCN1CCCCC1)NC1CCN(c2ccccc2)CC1.I. The quantitative estimate of drug-likeness (QED) is 0.215. The molecule has 2 fully saturated rings. The minimum absolute atomic E-state index is 0. The van der Waals surface area contributed by atoms with Crippen LogP contribution in [-0.2, 0) is 0 Å². The molecule has 0 saturated carbocycles. The highest BCUT2D eigenvalue weighted by molar-refractivity contribution is 14.0. The van der Waals surface area contributed by atoms with Crippen LogP contribution in [0.15, 0.2) is 35.3 Å². The van der Waals surface area contributed by atoms with Crippen LogP contribution in [0.3, 0.4) is 0 Å². The molecular weight excluding hydrogens is 485 g/mol. The maximum absolute atomic E-state index is 4.84. The molecule has 0 aromatic heterocycles. The van der Waals surface area contributed by atoms with E-state index in [9.17, 15) is 0 Å². The van der Waals surface area contributed by atoms with Gasteiger partial charge in [-0.15, -0.1) is 24.0 Å². The zero-order valence-electron chi connectivity index (χ0n) is 18.8. The molecule has 2 aliphatic rings. The Morgan fingerprint density at radius 1 is 0.967 bits per heavy atom. The summed E-state index contributed by atoms with van der Waals surface area (Å²) in [6, 6.07) is 11.3. The van der Waals surface area contributed by atoms with Crippen LogP contribution in [0.1, 0.15) is 58.3 Å². The lowest BCUT2D eigenvalue weighted by molar-refractivity contribution is 0.224. The summed E-state index contributed by atoms with van der Waals surface area (Å²) in [5, 5.41) is 7.11. The number of piperidine rings is 2. The highest BCUT2D eigenvalue weighted by Gasteiger charge is 2.20. The fourth-order valence-corrected chi connectivity index (χ4v) is 4.43. The van der Waals surface area contributed by atoms with E-state index in [0.29, 0.717) is 6.04 Å². The maximum atomic E-state index is 4.84. The topological polar surface area (TPSA) is 42.9 Å². The number of hydrogen-bond acceptors (Lipinski definition) is 3. The summed E-state index contributed by atoms with van der Waals surface area (Å²) in [6.07, 6.45) is 10.3. The lowest BCUT2D eigenvalue weighted by atomic mass is 10.0. The van der Waals surface area contributed by atoms with Crippen LogP contribution in [0.5, 0.6) is 0 Å². The van der Waals surface area contributed by atoms with Crippen molar-refractivity contribution >= 4 is 35.6 Å². The van der Waals surface area contributed by atoms with Crippen molar-refractivity contribution in [1.29, 1.82) is 0 Å². The van der Waals surface area contributed by atoms with E-state index in [1.165, 1.54) is 63.8 Å². The molecule has 2 heterocycles. The van der Waals surface area contributed by atoms with Gasteiger partial charge in [0.25, 0.3) is 0 Å². The predicted octanol–water partition coefficient (Wildman–Crippen LogP) is 4.48. The Morgan fingerprint density at radius 3 is 2.40 bits per heavy atom. The standard InChI is InChI=1S/C24H41N5.HI/c1-2-25-24(26-16-8-4-9-17-28-18-10-5-11-19-28)27-22-14-20-29(21-15-22)23-12-6-3-7-13-23;/h3,6-7,12-13,22H,2,4-5,8-11,14-21H2,1H3,(H2,25,26,27);1H. The van der Waals surface area contributed by atoms with Crippen molar-refractivity contribution in [1.82, 2.24) is 15.5 Å². The monoisotopic (exact) mass is 527 g/mol. The van der Waals surface area contributed by atoms with Gasteiger partial charge in [-0.3, -0.25) is 4.99 Å². The van der Waals surface area contributed by atoms with Crippen LogP contribution in [0.4, 0.5) is 5.69 Å². The molecule has 170 valence electrons. The summed E-state index contributed by atoms with van der Waals surface area (Å²) in [7, 11) is 0. The minimum atomic E-state index is 0. The molecular formula is C24H42IN5. The van der Waals surface area contributed by atoms with E-state index in [4.69, 9.17) is 4.99 Å². The average Bonchev–Trinajstić information content (AvgIpc) is 2.78. The molecule has 2 aliphatic heterocycles. The Hall–Kier alpha value is -1.02. The number of unbranched alkanes of at least 4 members (excludes halogenated alkanes) is 2. The van der Waals surface area contributed by atoms with Crippen molar-refractivity contribution in [2.45, 2.75) is 64.3 Å². The van der Waals surface area contributed by atoms with E-state index in [0.717, 1.165) is 45.0 Å². The Labute approximate surface area is 201 Å². The normalized spacial score (nSPS) is 18.7. The number of halogens is 1. The summed E-state index contributed by atoms with van der Waals surface area (Å²) in [4.78, 5) is 9.97. The summed E-state index contributed by atoms with van der Waals surface area (Å²) >= 11 is 0. The van der Waals surface area contributed by atoms with Crippen molar-refractivity contribution in [2.24, 2.45) is 4.99 Å². The minimum Gasteiger partial charge on any atom is -0.371 e. The number of para-hydroxylation sites is 1. The largest absolute Gasteiger partial charge is 0.371 e. The highest BCUT2D eigenvalue weighted by atomic mass is 127. The molecule has 1 aromatic carbocycles. The van der Waals surface area contributed by atoms with Crippen LogP contribution in [0, 0.1) is 0 Å². The molecule has 2 N–H and O–H groups in total. The van der Waals surface area contributed by atoms with Gasteiger partial charge in [0.1, 0.15) is 0 Å². The van der Waals surface area contributed by atoms with Crippen LogP contribution >= 0.6 is 24.0 Å². The fraction of sp³-hybridized carbons (Fsp3) is 0.708.